The van der Waals surface area contributed by atoms with E-state index in [1.165, 1.54) is 0 Å². The normalized spacial score (nSPS) is 25.1. The van der Waals surface area contributed by atoms with Crippen molar-refractivity contribution < 1.29 is 4.70 Å². The van der Waals surface area contributed by atoms with Crippen LogP contribution in [-0.4, -0.2) is 15.8 Å². The predicted molar refractivity (Wildman–Crippen MR) is 85.8 cm³/mol. The average molecular weight is 335 g/mol. The van der Waals surface area contributed by atoms with Gasteiger partial charge in [0.05, 0.1) is 0 Å². The van der Waals surface area contributed by atoms with Gasteiger partial charge in [-0.3, -0.25) is 0 Å². The third-order valence-electron chi connectivity index (χ3n) is 4.13. The Morgan fingerprint density at radius 3 is 2.00 bits per heavy atom. The van der Waals surface area contributed by atoms with Crippen LogP contribution in [-0.2, 0) is 0 Å². The Balaban J connectivity index is 2.62. The molecule has 5 heteroatoms. The molecule has 2 nitrogen and oxygen atoms in total. The van der Waals surface area contributed by atoms with Gasteiger partial charge in [0.1, 0.15) is 15.6 Å². The Labute approximate surface area is 135 Å². The summed E-state index contributed by atoms with van der Waals surface area (Å²) in [6.45, 7) is 10.9. The van der Waals surface area contributed by atoms with Crippen LogP contribution in [0.5, 0.6) is 0 Å². The van der Waals surface area contributed by atoms with Crippen molar-refractivity contribution >= 4 is 40.5 Å². The van der Waals surface area contributed by atoms with Crippen LogP contribution in [0.3, 0.4) is 0 Å². The second kappa shape index (κ2) is 5.15. The van der Waals surface area contributed by atoms with Crippen LogP contribution in [0.15, 0.2) is 17.2 Å². The van der Waals surface area contributed by atoms with E-state index in [9.17, 15) is 0 Å². The molecule has 20 heavy (non-hydrogen) atoms. The maximum atomic E-state index is 6.34. The summed E-state index contributed by atoms with van der Waals surface area (Å²) >= 11 is 18.7. The molecule has 0 aromatic heterocycles. The van der Waals surface area contributed by atoms with Crippen molar-refractivity contribution in [1.82, 2.24) is 0 Å². The molecule has 0 radical (unpaired) electrons. The highest BCUT2D eigenvalue weighted by molar-refractivity contribution is 6.41. The second-order valence-corrected chi connectivity index (χ2v) is 7.88. The summed E-state index contributed by atoms with van der Waals surface area (Å²) in [4.78, 5) is 0. The van der Waals surface area contributed by atoms with Gasteiger partial charge in [0.2, 0.25) is 0 Å². The van der Waals surface area contributed by atoms with Crippen LogP contribution in [0, 0.1) is 5.92 Å². The minimum atomic E-state index is -0.139. The number of hydrogen-bond acceptors (Lipinski definition) is 1. The van der Waals surface area contributed by atoms with E-state index in [0.717, 1.165) is 12.1 Å². The molecule has 0 amide bonds. The fourth-order valence-electron chi connectivity index (χ4n) is 2.76. The van der Waals surface area contributed by atoms with Gasteiger partial charge < -0.3 is 0 Å². The zero-order chi connectivity index (χ0) is 15.3. The van der Waals surface area contributed by atoms with Gasteiger partial charge >= 0.3 is 0 Å². The highest BCUT2D eigenvalue weighted by Crippen LogP contribution is 2.47. The molecule has 0 saturated heterocycles. The Bertz CT molecular complexity index is 555. The highest BCUT2D eigenvalue weighted by atomic mass is 35.5. The number of nitrogens with zero attached hydrogens (tertiary/aromatic N) is 2. The molecule has 1 aliphatic heterocycles. The molecule has 1 aliphatic rings. The minimum Gasteiger partial charge on any atom is -0.0842 e. The molecule has 0 saturated carbocycles. The van der Waals surface area contributed by atoms with Crippen molar-refractivity contribution in [3.05, 3.63) is 27.2 Å². The van der Waals surface area contributed by atoms with Gasteiger partial charge in [0.25, 0.3) is 5.69 Å². The third kappa shape index (κ3) is 2.70. The molecule has 1 aromatic rings. The molecule has 1 atom stereocenters. The van der Waals surface area contributed by atoms with Crippen molar-refractivity contribution in [2.24, 2.45) is 11.0 Å². The maximum Gasteiger partial charge on any atom is 0.269 e. The standard InChI is InChI=1S/C15H20Cl3N2/c1-9(2)15(5)8-14(3,4)20(19-15)13-11(17)6-10(16)7-12(13)18/h6-7,9H,8H2,1-5H3/q+1. The zero-order valence-electron chi connectivity index (χ0n) is 12.5. The van der Waals surface area contributed by atoms with E-state index < -0.39 is 0 Å². The SMILES string of the molecule is CC(C)C1(C)CC(C)(C)[N+](c2c(Cl)cc(Cl)cc2Cl)=N1. The first kappa shape index (κ1) is 16.1. The van der Waals surface area contributed by atoms with E-state index in [-0.39, 0.29) is 11.1 Å². The number of rotatable bonds is 2. The lowest BCUT2D eigenvalue weighted by Gasteiger charge is -2.22. The summed E-state index contributed by atoms with van der Waals surface area (Å²) in [5.74, 6) is 0.441. The molecule has 0 aliphatic carbocycles. The fraction of sp³-hybridized carbons (Fsp3) is 0.600. The summed E-state index contributed by atoms with van der Waals surface area (Å²) in [7, 11) is 0. The number of halogens is 3. The van der Waals surface area contributed by atoms with Gasteiger partial charge in [-0.1, -0.05) is 53.3 Å². The lowest BCUT2D eigenvalue weighted by molar-refractivity contribution is -0.573. The molecule has 0 N–H and O–H groups in total. The average Bonchev–Trinajstić information content (AvgIpc) is 2.48. The summed E-state index contributed by atoms with van der Waals surface area (Å²) in [6.07, 6.45) is 0.951. The van der Waals surface area contributed by atoms with E-state index in [0.29, 0.717) is 21.0 Å². The second-order valence-electron chi connectivity index (χ2n) is 6.63. The first-order chi connectivity index (χ1) is 9.07. The van der Waals surface area contributed by atoms with Crippen molar-refractivity contribution in [3.8, 4) is 0 Å². The first-order valence-electron chi connectivity index (χ1n) is 6.74. The van der Waals surface area contributed by atoms with E-state index in [4.69, 9.17) is 39.9 Å². The molecular weight excluding hydrogens is 315 g/mol. The van der Waals surface area contributed by atoms with E-state index in [1.807, 2.05) is 4.70 Å². The highest BCUT2D eigenvalue weighted by Gasteiger charge is 2.53. The third-order valence-corrected chi connectivity index (χ3v) is 4.92. The molecule has 1 heterocycles. The van der Waals surface area contributed by atoms with E-state index >= 15 is 0 Å². The first-order valence-corrected chi connectivity index (χ1v) is 7.88. The smallest absolute Gasteiger partial charge is 0.0842 e. The molecule has 110 valence electrons. The molecule has 1 unspecified atom stereocenters. The fourth-order valence-corrected chi connectivity index (χ4v) is 3.74. The zero-order valence-corrected chi connectivity index (χ0v) is 14.7. The van der Waals surface area contributed by atoms with Gasteiger partial charge in [-0.05, 0) is 30.1 Å². The van der Waals surface area contributed by atoms with E-state index in [2.05, 4.69) is 34.6 Å². The molecule has 2 rings (SSSR count). The van der Waals surface area contributed by atoms with E-state index in [1.54, 1.807) is 12.1 Å². The van der Waals surface area contributed by atoms with Crippen LogP contribution >= 0.6 is 34.8 Å². The largest absolute Gasteiger partial charge is 0.269 e. The minimum absolute atomic E-state index is 0.115. The number of azo groups is 2. The number of benzene rings is 1. The quantitative estimate of drug-likeness (QED) is 0.561. The topological polar surface area (TPSA) is 15.4 Å². The summed E-state index contributed by atoms with van der Waals surface area (Å²) in [5.41, 5.74) is 0.489. The lowest BCUT2D eigenvalue weighted by Crippen LogP contribution is -2.34. The lowest BCUT2D eigenvalue weighted by atomic mass is 9.80. The summed E-state index contributed by atoms with van der Waals surface area (Å²) in [6, 6.07) is 3.42. The van der Waals surface area contributed by atoms with Crippen LogP contribution in [0.4, 0.5) is 5.69 Å². The Hall–Kier alpha value is -0.310. The van der Waals surface area contributed by atoms with Crippen LogP contribution in [0.1, 0.15) is 41.0 Å². The Kier molecular flexibility index (Phi) is 4.14. The molecule has 1 aromatic carbocycles. The van der Waals surface area contributed by atoms with Crippen LogP contribution in [0.2, 0.25) is 15.1 Å². The maximum absolute atomic E-state index is 6.34. The van der Waals surface area contributed by atoms with Crippen molar-refractivity contribution in [2.75, 3.05) is 0 Å². The van der Waals surface area contributed by atoms with Crippen molar-refractivity contribution in [2.45, 2.75) is 52.1 Å². The van der Waals surface area contributed by atoms with Gasteiger partial charge in [-0.2, -0.15) is 0 Å². The predicted octanol–water partition coefficient (Wildman–Crippen LogP) is 6.34. The summed E-state index contributed by atoms with van der Waals surface area (Å²) < 4.78 is 1.97. The van der Waals surface area contributed by atoms with Gasteiger partial charge in [0, 0.05) is 25.3 Å². The van der Waals surface area contributed by atoms with Crippen LogP contribution < -0.4 is 0 Å². The molecule has 0 fully saturated rings. The van der Waals surface area contributed by atoms with Gasteiger partial charge in [-0.25, -0.2) is 0 Å². The monoisotopic (exact) mass is 333 g/mol. The number of hydrogen-bond donors (Lipinski definition) is 0. The molecule has 0 spiro atoms. The van der Waals surface area contributed by atoms with Crippen molar-refractivity contribution in [3.63, 3.8) is 0 Å². The Morgan fingerprint density at radius 2 is 1.60 bits per heavy atom. The van der Waals surface area contributed by atoms with Crippen molar-refractivity contribution in [1.29, 1.82) is 0 Å². The Morgan fingerprint density at radius 1 is 1.10 bits per heavy atom. The molecular formula is C15H20Cl3N2+. The molecule has 0 bridgehead atoms. The van der Waals surface area contributed by atoms with Gasteiger partial charge in [0.15, 0.2) is 5.54 Å². The van der Waals surface area contributed by atoms with Crippen LogP contribution in [0.25, 0.3) is 0 Å². The summed E-state index contributed by atoms with van der Waals surface area (Å²) in [5, 5.41) is 6.52. The van der Waals surface area contributed by atoms with Gasteiger partial charge in [-0.15, -0.1) is 0 Å².